The van der Waals surface area contributed by atoms with Gasteiger partial charge in [-0.05, 0) is 51.4 Å². The Balaban J connectivity index is 1.69. The highest BCUT2D eigenvalue weighted by atomic mass is 16.5. The molecular weight excluding hydrogens is 212 g/mol. The summed E-state index contributed by atoms with van der Waals surface area (Å²) in [5.41, 5.74) is 0. The fraction of sp³-hybridized carbons (Fsp3) is 0.857. The van der Waals surface area contributed by atoms with Crippen molar-refractivity contribution in [1.29, 1.82) is 10.5 Å². The molecule has 0 heterocycles. The van der Waals surface area contributed by atoms with Gasteiger partial charge in [0, 0.05) is 11.8 Å². The van der Waals surface area contributed by atoms with Crippen LogP contribution in [-0.2, 0) is 4.74 Å². The lowest BCUT2D eigenvalue weighted by molar-refractivity contribution is -0.0513. The number of rotatable bonds is 2. The minimum Gasteiger partial charge on any atom is -0.375 e. The summed E-state index contributed by atoms with van der Waals surface area (Å²) in [6.07, 6.45) is 8.86. The standard InChI is InChI=1S/C14H20N2O/c15-9-11-1-5-13(6-2-11)17-14-7-3-12(10-16)4-8-14/h11-14H,1-8H2. The molecule has 0 unspecified atom stereocenters. The summed E-state index contributed by atoms with van der Waals surface area (Å²) in [6, 6.07) is 4.70. The van der Waals surface area contributed by atoms with Gasteiger partial charge in [0.2, 0.25) is 0 Å². The van der Waals surface area contributed by atoms with Crippen molar-refractivity contribution >= 4 is 0 Å². The Hall–Kier alpha value is -1.06. The monoisotopic (exact) mass is 232 g/mol. The van der Waals surface area contributed by atoms with Gasteiger partial charge < -0.3 is 4.74 Å². The molecule has 0 amide bonds. The maximum absolute atomic E-state index is 8.83. The van der Waals surface area contributed by atoms with E-state index in [1.165, 1.54) is 0 Å². The van der Waals surface area contributed by atoms with Crippen molar-refractivity contribution in [3.8, 4) is 12.1 Å². The van der Waals surface area contributed by atoms with Crippen LogP contribution in [0.15, 0.2) is 0 Å². The van der Waals surface area contributed by atoms with Gasteiger partial charge in [0.05, 0.1) is 24.3 Å². The van der Waals surface area contributed by atoms with Crippen LogP contribution in [0.2, 0.25) is 0 Å². The zero-order valence-corrected chi connectivity index (χ0v) is 10.3. The average Bonchev–Trinajstić information content (AvgIpc) is 2.40. The van der Waals surface area contributed by atoms with E-state index in [1.807, 2.05) is 0 Å². The third-order valence-electron chi connectivity index (χ3n) is 4.10. The van der Waals surface area contributed by atoms with E-state index >= 15 is 0 Å². The third-order valence-corrected chi connectivity index (χ3v) is 4.10. The van der Waals surface area contributed by atoms with E-state index in [0.29, 0.717) is 12.2 Å². The van der Waals surface area contributed by atoms with Crippen LogP contribution in [0, 0.1) is 34.5 Å². The average molecular weight is 232 g/mol. The van der Waals surface area contributed by atoms with Crippen molar-refractivity contribution in [2.75, 3.05) is 0 Å². The van der Waals surface area contributed by atoms with Crippen molar-refractivity contribution in [1.82, 2.24) is 0 Å². The summed E-state index contributed by atoms with van der Waals surface area (Å²) >= 11 is 0. The molecule has 0 aromatic heterocycles. The third kappa shape index (κ3) is 3.45. The van der Waals surface area contributed by atoms with Gasteiger partial charge >= 0.3 is 0 Å². The van der Waals surface area contributed by atoms with E-state index in [4.69, 9.17) is 15.3 Å². The first-order valence-corrected chi connectivity index (χ1v) is 6.76. The summed E-state index contributed by atoms with van der Waals surface area (Å²) in [7, 11) is 0. The lowest BCUT2D eigenvalue weighted by Gasteiger charge is -2.32. The zero-order valence-electron chi connectivity index (χ0n) is 10.3. The molecule has 2 aliphatic carbocycles. The minimum atomic E-state index is 0.254. The summed E-state index contributed by atoms with van der Waals surface area (Å²) in [6.45, 7) is 0. The molecule has 0 radical (unpaired) electrons. The van der Waals surface area contributed by atoms with Crippen LogP contribution in [0.3, 0.4) is 0 Å². The van der Waals surface area contributed by atoms with Crippen LogP contribution in [0.1, 0.15) is 51.4 Å². The smallest absolute Gasteiger partial charge is 0.0655 e. The quantitative estimate of drug-likeness (QED) is 0.734. The summed E-state index contributed by atoms with van der Waals surface area (Å²) in [5, 5.41) is 17.7. The minimum absolute atomic E-state index is 0.254. The molecule has 0 bridgehead atoms. The van der Waals surface area contributed by atoms with Gasteiger partial charge in [-0.25, -0.2) is 0 Å². The predicted molar refractivity (Wildman–Crippen MR) is 63.8 cm³/mol. The van der Waals surface area contributed by atoms with E-state index < -0.39 is 0 Å². The maximum Gasteiger partial charge on any atom is 0.0655 e. The fourth-order valence-corrected chi connectivity index (χ4v) is 2.93. The zero-order chi connectivity index (χ0) is 12.1. The Morgan fingerprint density at radius 2 is 1.00 bits per heavy atom. The number of ether oxygens (including phenoxy) is 1. The molecular formula is C14H20N2O. The summed E-state index contributed by atoms with van der Waals surface area (Å²) in [5.74, 6) is 0.508. The largest absolute Gasteiger partial charge is 0.375 e. The molecule has 0 spiro atoms. The second-order valence-corrected chi connectivity index (χ2v) is 5.34. The molecule has 0 aromatic carbocycles. The molecule has 3 nitrogen and oxygen atoms in total. The first-order chi connectivity index (χ1) is 8.31. The molecule has 0 saturated heterocycles. The van der Waals surface area contributed by atoms with E-state index in [1.54, 1.807) is 0 Å². The number of hydrogen-bond donors (Lipinski definition) is 0. The second kappa shape index (κ2) is 6.03. The van der Waals surface area contributed by atoms with E-state index in [0.717, 1.165) is 51.4 Å². The maximum atomic E-state index is 8.83. The van der Waals surface area contributed by atoms with E-state index in [9.17, 15) is 0 Å². The molecule has 0 N–H and O–H groups in total. The van der Waals surface area contributed by atoms with Crippen LogP contribution in [0.5, 0.6) is 0 Å². The van der Waals surface area contributed by atoms with Gasteiger partial charge in [-0.3, -0.25) is 0 Å². The van der Waals surface area contributed by atoms with Crippen LogP contribution in [-0.4, -0.2) is 12.2 Å². The molecule has 3 heteroatoms. The Morgan fingerprint density at radius 1 is 0.647 bits per heavy atom. The predicted octanol–water partition coefficient (Wildman–Crippen LogP) is 3.17. The van der Waals surface area contributed by atoms with Crippen molar-refractivity contribution in [2.45, 2.75) is 63.6 Å². The van der Waals surface area contributed by atoms with Gasteiger partial charge in [0.15, 0.2) is 0 Å². The number of hydrogen-bond acceptors (Lipinski definition) is 3. The van der Waals surface area contributed by atoms with Crippen molar-refractivity contribution < 1.29 is 4.74 Å². The summed E-state index contributed by atoms with van der Waals surface area (Å²) in [4.78, 5) is 0. The first kappa shape index (κ1) is 12.4. The van der Waals surface area contributed by atoms with Crippen LogP contribution in [0.25, 0.3) is 0 Å². The Labute approximate surface area is 103 Å². The normalized spacial score (nSPS) is 38.0. The highest BCUT2D eigenvalue weighted by Gasteiger charge is 2.27. The number of nitrogens with zero attached hydrogens (tertiary/aromatic N) is 2. The lowest BCUT2D eigenvalue weighted by Crippen LogP contribution is -2.29. The molecule has 0 aromatic rings. The highest BCUT2D eigenvalue weighted by molar-refractivity contribution is 4.89. The molecule has 2 rings (SSSR count). The first-order valence-electron chi connectivity index (χ1n) is 6.76. The van der Waals surface area contributed by atoms with Gasteiger partial charge in [0.1, 0.15) is 0 Å². The van der Waals surface area contributed by atoms with Gasteiger partial charge in [0.25, 0.3) is 0 Å². The van der Waals surface area contributed by atoms with Gasteiger partial charge in [-0.15, -0.1) is 0 Å². The number of nitriles is 2. The Bertz CT molecular complexity index is 280. The molecule has 2 aliphatic rings. The van der Waals surface area contributed by atoms with E-state index in [2.05, 4.69) is 12.1 Å². The Morgan fingerprint density at radius 3 is 1.29 bits per heavy atom. The van der Waals surface area contributed by atoms with Crippen LogP contribution < -0.4 is 0 Å². The SMILES string of the molecule is N#CC1CCC(OC2CCC(C#N)CC2)CC1. The van der Waals surface area contributed by atoms with Crippen molar-refractivity contribution in [3.05, 3.63) is 0 Å². The Kier molecular flexibility index (Phi) is 4.40. The molecule has 92 valence electrons. The molecule has 0 atom stereocenters. The highest BCUT2D eigenvalue weighted by Crippen LogP contribution is 2.31. The van der Waals surface area contributed by atoms with Gasteiger partial charge in [-0.2, -0.15) is 10.5 Å². The van der Waals surface area contributed by atoms with Crippen LogP contribution in [0.4, 0.5) is 0 Å². The van der Waals surface area contributed by atoms with Crippen LogP contribution >= 0.6 is 0 Å². The topological polar surface area (TPSA) is 56.8 Å². The second-order valence-electron chi connectivity index (χ2n) is 5.34. The summed E-state index contributed by atoms with van der Waals surface area (Å²) < 4.78 is 6.10. The van der Waals surface area contributed by atoms with Crippen molar-refractivity contribution in [2.24, 2.45) is 11.8 Å². The molecule has 0 aliphatic heterocycles. The molecule has 2 saturated carbocycles. The lowest BCUT2D eigenvalue weighted by atomic mass is 9.86. The fourth-order valence-electron chi connectivity index (χ4n) is 2.93. The van der Waals surface area contributed by atoms with Crippen molar-refractivity contribution in [3.63, 3.8) is 0 Å². The van der Waals surface area contributed by atoms with E-state index in [-0.39, 0.29) is 11.8 Å². The van der Waals surface area contributed by atoms with Gasteiger partial charge in [-0.1, -0.05) is 0 Å². The molecule has 2 fully saturated rings. The molecule has 17 heavy (non-hydrogen) atoms.